The van der Waals surface area contributed by atoms with E-state index in [9.17, 15) is 4.79 Å². The van der Waals surface area contributed by atoms with Gasteiger partial charge in [0.15, 0.2) is 11.2 Å². The normalized spacial score (nSPS) is 11.7. The summed E-state index contributed by atoms with van der Waals surface area (Å²) >= 11 is 6.11. The number of halogens is 1. The average Bonchev–Trinajstić information content (AvgIpc) is 3.34. The number of H-pyrrole nitrogens is 1. The second kappa shape index (κ2) is 7.46. The molecule has 0 saturated carbocycles. The predicted molar refractivity (Wildman–Crippen MR) is 129 cm³/mol. The number of nitrogens with one attached hydrogen (secondary N) is 1. The summed E-state index contributed by atoms with van der Waals surface area (Å²) in [5.41, 5.74) is 8.79. The Labute approximate surface area is 192 Å². The molecule has 0 fully saturated rings. The van der Waals surface area contributed by atoms with E-state index in [0.29, 0.717) is 35.0 Å². The van der Waals surface area contributed by atoms with Gasteiger partial charge in [0.25, 0.3) is 5.56 Å². The fourth-order valence-corrected chi connectivity index (χ4v) is 4.36. The lowest BCUT2D eigenvalue weighted by atomic mass is 10.1. The monoisotopic (exact) mass is 455 g/mol. The van der Waals surface area contributed by atoms with Gasteiger partial charge in [-0.05, 0) is 34.5 Å². The fraction of sp³-hybridized carbons (Fsp3) is 0.0833. The Hall–Kier alpha value is -4.17. The zero-order valence-electron chi connectivity index (χ0n) is 17.4. The summed E-state index contributed by atoms with van der Waals surface area (Å²) in [6.45, 7) is 0.463. The Bertz CT molecular complexity index is 1730. The number of aromatic amines is 1. The maximum Gasteiger partial charge on any atom is 0.278 e. The number of pyridine rings is 1. The Morgan fingerprint density at radius 2 is 1.82 bits per heavy atom. The molecule has 3 N–H and O–H groups in total. The Kier molecular flexibility index (Phi) is 4.41. The van der Waals surface area contributed by atoms with Gasteiger partial charge in [-0.25, -0.2) is 9.97 Å². The highest BCUT2D eigenvalue weighted by atomic mass is 35.5. The lowest BCUT2D eigenvalue weighted by molar-refractivity contribution is 0.756. The highest BCUT2D eigenvalue weighted by Gasteiger charge is 2.18. The number of aromatic nitrogens is 6. The lowest BCUT2D eigenvalue weighted by Gasteiger charge is -2.09. The first-order valence-corrected chi connectivity index (χ1v) is 10.8. The SMILES string of the molecule is Nc1nc2nc(Cc3cn4cc(Cl)ccc4n3)n(Cc3ccc4ccccc4c3)c2c(=O)[nH]1. The second-order valence-electron chi connectivity index (χ2n) is 7.94. The van der Waals surface area contributed by atoms with Crippen LogP contribution in [0.15, 0.2) is 71.8 Å². The number of rotatable bonds is 4. The number of nitrogens with zero attached hydrogens (tertiary/aromatic N) is 5. The summed E-state index contributed by atoms with van der Waals surface area (Å²) in [6, 6.07) is 18.1. The van der Waals surface area contributed by atoms with Crippen molar-refractivity contribution in [3.8, 4) is 0 Å². The van der Waals surface area contributed by atoms with E-state index in [1.807, 2.05) is 33.4 Å². The molecule has 0 amide bonds. The first-order valence-electron chi connectivity index (χ1n) is 10.4. The van der Waals surface area contributed by atoms with Crippen LogP contribution >= 0.6 is 11.6 Å². The minimum Gasteiger partial charge on any atom is -0.369 e. The van der Waals surface area contributed by atoms with E-state index >= 15 is 0 Å². The zero-order chi connectivity index (χ0) is 22.5. The number of nitrogen functional groups attached to an aromatic ring is 1. The minimum atomic E-state index is -0.321. The molecular formula is C24H18ClN7O. The van der Waals surface area contributed by atoms with Crippen LogP contribution in [0.25, 0.3) is 27.6 Å². The lowest BCUT2D eigenvalue weighted by Crippen LogP contribution is -2.16. The van der Waals surface area contributed by atoms with E-state index in [1.165, 1.54) is 0 Å². The molecule has 6 rings (SSSR count). The summed E-state index contributed by atoms with van der Waals surface area (Å²) in [5, 5.41) is 2.92. The molecule has 0 unspecified atom stereocenters. The second-order valence-corrected chi connectivity index (χ2v) is 8.38. The summed E-state index contributed by atoms with van der Waals surface area (Å²) < 4.78 is 3.76. The summed E-state index contributed by atoms with van der Waals surface area (Å²) in [7, 11) is 0. The third kappa shape index (κ3) is 3.50. The van der Waals surface area contributed by atoms with Crippen molar-refractivity contribution in [3.63, 3.8) is 0 Å². The summed E-state index contributed by atoms with van der Waals surface area (Å²) in [4.78, 5) is 29.0. The van der Waals surface area contributed by atoms with E-state index < -0.39 is 0 Å². The minimum absolute atomic E-state index is 0.0387. The number of hydrogen-bond donors (Lipinski definition) is 2. The van der Waals surface area contributed by atoms with Crippen molar-refractivity contribution >= 4 is 45.1 Å². The Morgan fingerprint density at radius 3 is 2.70 bits per heavy atom. The van der Waals surface area contributed by atoms with Gasteiger partial charge in [0.1, 0.15) is 11.5 Å². The van der Waals surface area contributed by atoms with Crippen LogP contribution in [-0.4, -0.2) is 28.9 Å². The first-order chi connectivity index (χ1) is 16.0. The summed E-state index contributed by atoms with van der Waals surface area (Å²) in [6.07, 6.45) is 4.13. The highest BCUT2D eigenvalue weighted by molar-refractivity contribution is 6.30. The number of imidazole rings is 2. The molecule has 0 spiro atoms. The molecule has 2 aromatic carbocycles. The average molecular weight is 456 g/mol. The quantitative estimate of drug-likeness (QED) is 0.420. The van der Waals surface area contributed by atoms with Gasteiger partial charge in [-0.1, -0.05) is 48.0 Å². The Balaban J connectivity index is 1.47. The molecule has 4 heterocycles. The third-order valence-electron chi connectivity index (χ3n) is 5.67. The molecule has 0 atom stereocenters. The van der Waals surface area contributed by atoms with Crippen LogP contribution in [0.1, 0.15) is 17.1 Å². The molecule has 0 aliphatic rings. The van der Waals surface area contributed by atoms with Gasteiger partial charge in [0.2, 0.25) is 5.95 Å². The van der Waals surface area contributed by atoms with Gasteiger partial charge in [0.05, 0.1) is 10.7 Å². The van der Waals surface area contributed by atoms with Crippen LogP contribution < -0.4 is 11.3 Å². The van der Waals surface area contributed by atoms with E-state index in [4.69, 9.17) is 17.3 Å². The molecule has 6 aromatic rings. The maximum absolute atomic E-state index is 12.8. The molecule has 4 aromatic heterocycles. The van der Waals surface area contributed by atoms with Crippen LogP contribution in [0.5, 0.6) is 0 Å². The first kappa shape index (κ1) is 19.5. The predicted octanol–water partition coefficient (Wildman–Crippen LogP) is 3.80. The number of benzene rings is 2. The van der Waals surface area contributed by atoms with Crippen LogP contribution in [-0.2, 0) is 13.0 Å². The number of nitrogens with two attached hydrogens (primary N) is 1. The molecule has 9 heteroatoms. The fourth-order valence-electron chi connectivity index (χ4n) is 4.19. The molecular weight excluding hydrogens is 438 g/mol. The van der Waals surface area contributed by atoms with Crippen molar-refractivity contribution in [2.75, 3.05) is 5.73 Å². The number of hydrogen-bond acceptors (Lipinski definition) is 5. The van der Waals surface area contributed by atoms with Gasteiger partial charge in [-0.3, -0.25) is 9.78 Å². The van der Waals surface area contributed by atoms with Gasteiger partial charge >= 0.3 is 0 Å². The number of anilines is 1. The van der Waals surface area contributed by atoms with E-state index in [0.717, 1.165) is 27.7 Å². The maximum atomic E-state index is 12.8. The smallest absolute Gasteiger partial charge is 0.278 e. The van der Waals surface area contributed by atoms with Crippen molar-refractivity contribution in [2.24, 2.45) is 0 Å². The molecule has 162 valence electrons. The molecule has 8 nitrogen and oxygen atoms in total. The van der Waals surface area contributed by atoms with Gasteiger partial charge in [0, 0.05) is 25.4 Å². The van der Waals surface area contributed by atoms with Crippen molar-refractivity contribution in [1.29, 1.82) is 0 Å². The largest absolute Gasteiger partial charge is 0.369 e. The van der Waals surface area contributed by atoms with Gasteiger partial charge < -0.3 is 14.7 Å². The van der Waals surface area contributed by atoms with Crippen LogP contribution in [0, 0.1) is 0 Å². The van der Waals surface area contributed by atoms with Crippen molar-refractivity contribution < 1.29 is 0 Å². The molecule has 0 saturated heterocycles. The van der Waals surface area contributed by atoms with Crippen molar-refractivity contribution in [1.82, 2.24) is 28.9 Å². The van der Waals surface area contributed by atoms with Crippen LogP contribution in [0.4, 0.5) is 5.95 Å². The van der Waals surface area contributed by atoms with Gasteiger partial charge in [-0.2, -0.15) is 4.98 Å². The molecule has 0 radical (unpaired) electrons. The van der Waals surface area contributed by atoms with E-state index in [-0.39, 0.29) is 11.5 Å². The van der Waals surface area contributed by atoms with E-state index in [1.54, 1.807) is 12.3 Å². The number of fused-ring (bicyclic) bond motifs is 3. The topological polar surface area (TPSA) is 107 Å². The molecule has 0 aliphatic carbocycles. The molecule has 33 heavy (non-hydrogen) atoms. The van der Waals surface area contributed by atoms with E-state index in [2.05, 4.69) is 50.3 Å². The van der Waals surface area contributed by atoms with Crippen LogP contribution in [0.3, 0.4) is 0 Å². The Morgan fingerprint density at radius 1 is 0.970 bits per heavy atom. The summed E-state index contributed by atoms with van der Waals surface area (Å²) in [5.74, 6) is 0.716. The zero-order valence-corrected chi connectivity index (χ0v) is 18.1. The highest BCUT2D eigenvalue weighted by Crippen LogP contribution is 2.21. The molecule has 0 aliphatic heterocycles. The molecule has 0 bridgehead atoms. The van der Waals surface area contributed by atoms with Crippen molar-refractivity contribution in [2.45, 2.75) is 13.0 Å². The third-order valence-corrected chi connectivity index (χ3v) is 5.89. The van der Waals surface area contributed by atoms with Crippen LogP contribution in [0.2, 0.25) is 5.02 Å². The standard InChI is InChI=1S/C24H18ClN7O/c25-17-7-8-19-27-18(13-31(19)12-17)10-20-28-22-21(23(33)30-24(26)29-22)32(20)11-14-5-6-15-3-1-2-4-16(15)9-14/h1-9,12-13H,10-11H2,(H3,26,29,30,33). The van der Waals surface area contributed by atoms with Crippen molar-refractivity contribution in [3.05, 3.63) is 99.4 Å². The van der Waals surface area contributed by atoms with Gasteiger partial charge in [-0.15, -0.1) is 0 Å².